The first-order chi connectivity index (χ1) is 15.6. The highest BCUT2D eigenvalue weighted by molar-refractivity contribution is 6.30. The third kappa shape index (κ3) is 3.71. The second kappa shape index (κ2) is 7.69. The van der Waals surface area contributed by atoms with E-state index in [-0.39, 0.29) is 23.7 Å². The lowest BCUT2D eigenvalue weighted by Gasteiger charge is -2.22. The first kappa shape index (κ1) is 19.9. The Kier molecular flexibility index (Phi) is 4.79. The van der Waals surface area contributed by atoms with Crippen molar-refractivity contribution in [3.05, 3.63) is 59.6 Å². The van der Waals surface area contributed by atoms with Crippen molar-refractivity contribution in [2.24, 2.45) is 29.6 Å². The van der Waals surface area contributed by atoms with E-state index in [2.05, 4.69) is 15.3 Å². The average Bonchev–Trinajstić information content (AvgIpc) is 3.69. The van der Waals surface area contributed by atoms with Crippen molar-refractivity contribution in [1.29, 1.82) is 0 Å². The summed E-state index contributed by atoms with van der Waals surface area (Å²) in [7, 11) is 0. The maximum Gasteiger partial charge on any atom is 0.229 e. The number of hydrogen-bond donors (Lipinski definition) is 1. The van der Waals surface area contributed by atoms with Crippen LogP contribution in [0, 0.1) is 35.4 Å². The molecule has 0 radical (unpaired) electrons. The van der Waals surface area contributed by atoms with Gasteiger partial charge in [0, 0.05) is 23.7 Å². The van der Waals surface area contributed by atoms with Crippen LogP contribution in [-0.4, -0.2) is 22.0 Å². The predicted molar refractivity (Wildman–Crippen MR) is 120 cm³/mol. The van der Waals surface area contributed by atoms with E-state index in [9.17, 15) is 9.18 Å². The second-order valence-electron chi connectivity index (χ2n) is 9.30. The van der Waals surface area contributed by atoms with Crippen LogP contribution in [0.2, 0.25) is 5.02 Å². The molecular weight excluding hydrogens is 429 g/mol. The number of amides is 1. The molecule has 0 saturated heterocycles. The fourth-order valence-corrected chi connectivity index (χ4v) is 5.78. The fourth-order valence-electron chi connectivity index (χ4n) is 5.66. The zero-order chi connectivity index (χ0) is 21.8. The zero-order valence-electron chi connectivity index (χ0n) is 17.4. The molecule has 0 aliphatic heterocycles. The van der Waals surface area contributed by atoms with Crippen LogP contribution in [0.1, 0.15) is 25.7 Å². The number of halogens is 2. The van der Waals surface area contributed by atoms with Gasteiger partial charge in [-0.25, -0.2) is 9.37 Å². The maximum atomic E-state index is 13.7. The normalized spacial score (nSPS) is 27.1. The lowest BCUT2D eigenvalue weighted by Crippen LogP contribution is -2.29. The van der Waals surface area contributed by atoms with Crippen molar-refractivity contribution in [2.75, 3.05) is 5.32 Å². The van der Waals surface area contributed by atoms with Crippen molar-refractivity contribution in [2.45, 2.75) is 31.8 Å². The standard InChI is InChI=1S/C25H23ClFN3O2/c26-14-3-6-22(29-12-14)30-25(31)23(13-1-2-13)24-17-10-16(11-18(17)24)32-21-7-8-28-20-5-4-15(27)9-19(20)21/h3-9,12-13,16-18,23-24H,1-2,10-11H2,(H,29,30,31)/t16?,17-,18+,23?,24?. The molecule has 1 N–H and O–H groups in total. The highest BCUT2D eigenvalue weighted by Gasteiger charge is 2.63. The molecule has 0 spiro atoms. The molecule has 3 aliphatic carbocycles. The van der Waals surface area contributed by atoms with E-state index < -0.39 is 0 Å². The van der Waals surface area contributed by atoms with Crippen LogP contribution < -0.4 is 10.1 Å². The molecule has 32 heavy (non-hydrogen) atoms. The summed E-state index contributed by atoms with van der Waals surface area (Å²) in [6.07, 6.45) is 7.45. The SMILES string of the molecule is O=C(Nc1ccc(Cl)cn1)C(C1CC1)C1[C@H]2CC(Oc3ccnc4ccc(F)cc34)C[C@@H]12. The molecule has 3 aliphatic rings. The topological polar surface area (TPSA) is 64.1 Å². The summed E-state index contributed by atoms with van der Waals surface area (Å²) in [5, 5.41) is 4.25. The van der Waals surface area contributed by atoms with Crippen LogP contribution in [-0.2, 0) is 4.79 Å². The van der Waals surface area contributed by atoms with Crippen molar-refractivity contribution < 1.29 is 13.9 Å². The second-order valence-corrected chi connectivity index (χ2v) is 9.74. The van der Waals surface area contributed by atoms with Gasteiger partial charge >= 0.3 is 0 Å². The molecule has 1 aromatic carbocycles. The van der Waals surface area contributed by atoms with Gasteiger partial charge in [0.1, 0.15) is 17.4 Å². The van der Waals surface area contributed by atoms with E-state index >= 15 is 0 Å². The number of rotatable bonds is 6. The Morgan fingerprint density at radius 3 is 2.66 bits per heavy atom. The minimum absolute atomic E-state index is 0.0410. The highest BCUT2D eigenvalue weighted by Crippen LogP contribution is 2.64. The number of hydrogen-bond acceptors (Lipinski definition) is 4. The smallest absolute Gasteiger partial charge is 0.229 e. The quantitative estimate of drug-likeness (QED) is 0.538. The largest absolute Gasteiger partial charge is 0.490 e. The Morgan fingerprint density at radius 2 is 1.94 bits per heavy atom. The first-order valence-electron chi connectivity index (χ1n) is 11.2. The molecule has 3 fully saturated rings. The van der Waals surface area contributed by atoms with Crippen LogP contribution in [0.15, 0.2) is 48.8 Å². The Bertz CT molecular complexity index is 1170. The monoisotopic (exact) mass is 451 g/mol. The molecule has 164 valence electrons. The lowest BCUT2D eigenvalue weighted by atomic mass is 9.91. The average molecular weight is 452 g/mol. The van der Waals surface area contributed by atoms with E-state index in [1.165, 1.54) is 12.1 Å². The van der Waals surface area contributed by atoms with Gasteiger partial charge in [-0.3, -0.25) is 9.78 Å². The van der Waals surface area contributed by atoms with Gasteiger partial charge in [0.25, 0.3) is 0 Å². The Labute approximate surface area is 190 Å². The van der Waals surface area contributed by atoms with Gasteiger partial charge < -0.3 is 10.1 Å². The maximum absolute atomic E-state index is 13.7. The number of carbonyl (C=O) groups excluding carboxylic acids is 1. The summed E-state index contributed by atoms with van der Waals surface area (Å²) in [6.45, 7) is 0. The third-order valence-corrected chi connectivity index (χ3v) is 7.47. The Morgan fingerprint density at radius 1 is 1.12 bits per heavy atom. The number of carbonyl (C=O) groups is 1. The highest BCUT2D eigenvalue weighted by atomic mass is 35.5. The molecule has 3 saturated carbocycles. The fraction of sp³-hybridized carbons (Fsp3) is 0.400. The number of nitrogens with zero attached hydrogens (tertiary/aromatic N) is 2. The van der Waals surface area contributed by atoms with Gasteiger partial charge in [0.2, 0.25) is 5.91 Å². The number of fused-ring (bicyclic) bond motifs is 2. The molecule has 0 bridgehead atoms. The van der Waals surface area contributed by atoms with Gasteiger partial charge in [-0.15, -0.1) is 0 Å². The van der Waals surface area contributed by atoms with E-state index in [0.717, 1.165) is 31.2 Å². The summed E-state index contributed by atoms with van der Waals surface area (Å²) < 4.78 is 20.0. The van der Waals surface area contributed by atoms with Gasteiger partial charge in [-0.2, -0.15) is 0 Å². The molecule has 3 aromatic rings. The van der Waals surface area contributed by atoms with E-state index in [1.54, 1.807) is 30.6 Å². The van der Waals surface area contributed by atoms with Crippen molar-refractivity contribution in [3.8, 4) is 5.75 Å². The number of anilines is 1. The Hall–Kier alpha value is -2.73. The zero-order valence-corrected chi connectivity index (χ0v) is 18.1. The van der Waals surface area contributed by atoms with Crippen LogP contribution in [0.4, 0.5) is 10.2 Å². The van der Waals surface area contributed by atoms with Gasteiger partial charge in [0.15, 0.2) is 0 Å². The van der Waals surface area contributed by atoms with Gasteiger partial charge in [-0.05, 0) is 85.8 Å². The Balaban J connectivity index is 1.12. The lowest BCUT2D eigenvalue weighted by molar-refractivity contribution is -0.121. The molecule has 6 rings (SSSR count). The molecular formula is C25H23ClFN3O2. The van der Waals surface area contributed by atoms with Gasteiger partial charge in [0.05, 0.1) is 16.6 Å². The summed E-state index contributed by atoms with van der Waals surface area (Å²) >= 11 is 5.90. The summed E-state index contributed by atoms with van der Waals surface area (Å²) in [5.74, 6) is 2.98. The number of pyridine rings is 2. The predicted octanol–water partition coefficient (Wildman–Crippen LogP) is 5.49. The molecule has 1 amide bonds. The molecule has 5 nitrogen and oxygen atoms in total. The molecule has 7 heteroatoms. The van der Waals surface area contributed by atoms with Crippen molar-refractivity contribution in [1.82, 2.24) is 9.97 Å². The molecule has 2 heterocycles. The van der Waals surface area contributed by atoms with Crippen LogP contribution in [0.3, 0.4) is 0 Å². The van der Waals surface area contributed by atoms with Crippen LogP contribution >= 0.6 is 11.6 Å². The van der Waals surface area contributed by atoms with E-state index in [1.807, 2.05) is 6.07 Å². The third-order valence-electron chi connectivity index (χ3n) is 7.25. The van der Waals surface area contributed by atoms with Gasteiger partial charge in [-0.1, -0.05) is 11.6 Å². The number of benzene rings is 1. The number of aromatic nitrogens is 2. The number of nitrogens with one attached hydrogen (secondary N) is 1. The van der Waals surface area contributed by atoms with E-state index in [4.69, 9.17) is 16.3 Å². The molecule has 2 aromatic heterocycles. The minimum Gasteiger partial charge on any atom is -0.490 e. The van der Waals surface area contributed by atoms with Crippen molar-refractivity contribution in [3.63, 3.8) is 0 Å². The summed E-state index contributed by atoms with van der Waals surface area (Å²) in [5.41, 5.74) is 0.728. The molecule has 3 unspecified atom stereocenters. The van der Waals surface area contributed by atoms with E-state index in [0.29, 0.717) is 45.6 Å². The number of ether oxygens (including phenoxy) is 1. The minimum atomic E-state index is -0.293. The first-order valence-corrected chi connectivity index (χ1v) is 11.6. The van der Waals surface area contributed by atoms with Crippen molar-refractivity contribution >= 4 is 34.2 Å². The van der Waals surface area contributed by atoms with Crippen LogP contribution in [0.25, 0.3) is 10.9 Å². The van der Waals surface area contributed by atoms with Crippen LogP contribution in [0.5, 0.6) is 5.75 Å². The summed E-state index contributed by atoms with van der Waals surface area (Å²) in [4.78, 5) is 21.6. The summed E-state index contributed by atoms with van der Waals surface area (Å²) in [6, 6.07) is 9.85. The molecule has 5 atom stereocenters.